The monoisotopic (exact) mass is 499 g/mol. The van der Waals surface area contributed by atoms with Gasteiger partial charge < -0.3 is 25.6 Å². The molecule has 0 radical (unpaired) electrons. The quantitative estimate of drug-likeness (QED) is 0.189. The van der Waals surface area contributed by atoms with E-state index < -0.39 is 36.5 Å². The maximum atomic E-state index is 12.3. The van der Waals surface area contributed by atoms with Gasteiger partial charge in [-0.2, -0.15) is 0 Å². The second-order valence-corrected chi connectivity index (χ2v) is 8.44. The van der Waals surface area contributed by atoms with Gasteiger partial charge in [0.15, 0.2) is 0 Å². The Morgan fingerprint density at radius 2 is 1.53 bits per heavy atom. The highest BCUT2D eigenvalue weighted by Crippen LogP contribution is 2.10. The third kappa shape index (κ3) is 12.0. The molecule has 2 aromatic rings. The molecule has 0 fully saturated rings. The van der Waals surface area contributed by atoms with Crippen LogP contribution < -0.4 is 10.6 Å². The Hall–Kier alpha value is -3.86. The van der Waals surface area contributed by atoms with Gasteiger partial charge in [0.05, 0.1) is 23.9 Å². The molecular formula is C25H33N5O6. The predicted molar refractivity (Wildman–Crippen MR) is 131 cm³/mol. The normalized spacial score (nSPS) is 12.5. The minimum absolute atomic E-state index is 0.0246. The second-order valence-electron chi connectivity index (χ2n) is 8.44. The highest BCUT2D eigenvalue weighted by Gasteiger charge is 2.19. The maximum absolute atomic E-state index is 12.3. The van der Waals surface area contributed by atoms with Crippen molar-refractivity contribution in [1.29, 1.82) is 0 Å². The van der Waals surface area contributed by atoms with Gasteiger partial charge in [0, 0.05) is 37.9 Å². The molecule has 0 aliphatic rings. The highest BCUT2D eigenvalue weighted by molar-refractivity contribution is 5.79. The standard InChI is InChI=1S/C25H33N5O6/c31-18-22(29-25(36)28-19(15-24(34)35)10-11-23(32)33)9-3-6-14-30(16-20-7-1-4-12-26-20)17-21-8-2-5-13-27-21/h1-2,4-5,7-8,12-13,18-19,22H,3,6,9-11,14-17H2,(H,32,33)(H,34,35)(H2,28,29,36). The number of carboxylic acid groups (broad SMARTS) is 2. The fourth-order valence-electron chi connectivity index (χ4n) is 3.66. The Balaban J connectivity index is 1.82. The number of carbonyl (C=O) groups is 4. The number of rotatable bonds is 17. The van der Waals surface area contributed by atoms with Crippen molar-refractivity contribution in [3.05, 3.63) is 60.2 Å². The van der Waals surface area contributed by atoms with E-state index in [9.17, 15) is 19.2 Å². The zero-order valence-electron chi connectivity index (χ0n) is 20.1. The van der Waals surface area contributed by atoms with E-state index in [1.165, 1.54) is 0 Å². The molecule has 36 heavy (non-hydrogen) atoms. The number of aldehydes is 1. The zero-order valence-corrected chi connectivity index (χ0v) is 20.1. The Morgan fingerprint density at radius 3 is 2.03 bits per heavy atom. The van der Waals surface area contributed by atoms with Crippen LogP contribution >= 0.6 is 0 Å². The lowest BCUT2D eigenvalue weighted by Crippen LogP contribution is -2.47. The van der Waals surface area contributed by atoms with Crippen LogP contribution in [0.15, 0.2) is 48.8 Å². The van der Waals surface area contributed by atoms with Gasteiger partial charge in [-0.3, -0.25) is 24.5 Å². The van der Waals surface area contributed by atoms with Crippen molar-refractivity contribution in [3.63, 3.8) is 0 Å². The average molecular weight is 500 g/mol. The van der Waals surface area contributed by atoms with Crippen LogP contribution in [-0.4, -0.2) is 68.0 Å². The van der Waals surface area contributed by atoms with Gasteiger partial charge in [0.1, 0.15) is 6.29 Å². The zero-order chi connectivity index (χ0) is 26.2. The summed E-state index contributed by atoms with van der Waals surface area (Å²) in [6, 6.07) is 9.25. The number of hydrogen-bond acceptors (Lipinski definition) is 7. The summed E-state index contributed by atoms with van der Waals surface area (Å²) in [6.07, 6.45) is 5.29. The molecule has 2 unspecified atom stereocenters. The van der Waals surface area contributed by atoms with Crippen LogP contribution in [0.2, 0.25) is 0 Å². The molecule has 194 valence electrons. The largest absolute Gasteiger partial charge is 0.481 e. The smallest absolute Gasteiger partial charge is 0.315 e. The molecule has 0 bridgehead atoms. The van der Waals surface area contributed by atoms with Gasteiger partial charge in [-0.1, -0.05) is 12.1 Å². The van der Waals surface area contributed by atoms with Crippen molar-refractivity contribution in [2.75, 3.05) is 6.54 Å². The first-order valence-corrected chi connectivity index (χ1v) is 11.8. The van der Waals surface area contributed by atoms with E-state index in [0.29, 0.717) is 32.2 Å². The minimum atomic E-state index is -1.15. The fourth-order valence-corrected chi connectivity index (χ4v) is 3.66. The van der Waals surface area contributed by atoms with E-state index >= 15 is 0 Å². The molecule has 2 aromatic heterocycles. The van der Waals surface area contributed by atoms with E-state index in [1.807, 2.05) is 36.4 Å². The number of nitrogens with zero attached hydrogens (tertiary/aromatic N) is 3. The van der Waals surface area contributed by atoms with Crippen LogP contribution in [0.5, 0.6) is 0 Å². The van der Waals surface area contributed by atoms with Crippen molar-refractivity contribution >= 4 is 24.3 Å². The number of pyridine rings is 2. The van der Waals surface area contributed by atoms with Crippen molar-refractivity contribution in [2.45, 2.75) is 63.7 Å². The first-order valence-electron chi connectivity index (χ1n) is 11.8. The van der Waals surface area contributed by atoms with Crippen molar-refractivity contribution < 1.29 is 29.4 Å². The van der Waals surface area contributed by atoms with Gasteiger partial charge in [-0.25, -0.2) is 4.79 Å². The molecule has 2 amide bonds. The summed E-state index contributed by atoms with van der Waals surface area (Å²) in [5.74, 6) is -2.24. The molecule has 4 N–H and O–H groups in total. The topological polar surface area (TPSA) is 162 Å². The number of carboxylic acids is 2. The minimum Gasteiger partial charge on any atom is -0.481 e. The first kappa shape index (κ1) is 28.4. The summed E-state index contributed by atoms with van der Waals surface area (Å²) >= 11 is 0. The number of hydrogen-bond donors (Lipinski definition) is 4. The Morgan fingerprint density at radius 1 is 0.889 bits per heavy atom. The van der Waals surface area contributed by atoms with Crippen LogP contribution in [0.4, 0.5) is 4.79 Å². The Labute approximate surface area is 209 Å². The third-order valence-corrected chi connectivity index (χ3v) is 5.41. The van der Waals surface area contributed by atoms with Crippen molar-refractivity contribution in [2.24, 2.45) is 0 Å². The molecule has 0 spiro atoms. The summed E-state index contributed by atoms with van der Waals surface area (Å²) in [4.78, 5) is 56.5. The van der Waals surface area contributed by atoms with Gasteiger partial charge >= 0.3 is 18.0 Å². The molecule has 2 heterocycles. The number of aliphatic carboxylic acids is 2. The number of nitrogens with one attached hydrogen (secondary N) is 2. The molecule has 11 heteroatoms. The number of unbranched alkanes of at least 4 members (excludes halogenated alkanes) is 1. The SMILES string of the molecule is O=CC(CCCCN(Cc1ccccn1)Cc1ccccn1)NC(=O)NC(CCC(=O)O)CC(=O)O. The molecule has 0 aliphatic heterocycles. The number of urea groups is 1. The van der Waals surface area contributed by atoms with E-state index in [2.05, 4.69) is 25.5 Å². The lowest BCUT2D eigenvalue weighted by atomic mass is 10.1. The average Bonchev–Trinajstić information content (AvgIpc) is 2.85. The van der Waals surface area contributed by atoms with E-state index in [0.717, 1.165) is 24.4 Å². The lowest BCUT2D eigenvalue weighted by Gasteiger charge is -2.22. The van der Waals surface area contributed by atoms with Crippen molar-refractivity contribution in [1.82, 2.24) is 25.5 Å². The number of aromatic nitrogens is 2. The third-order valence-electron chi connectivity index (χ3n) is 5.41. The van der Waals surface area contributed by atoms with Gasteiger partial charge in [0.25, 0.3) is 0 Å². The fraction of sp³-hybridized carbons (Fsp3) is 0.440. The summed E-state index contributed by atoms with van der Waals surface area (Å²) in [5, 5.41) is 22.8. The molecule has 0 saturated heterocycles. The Kier molecular flexibility index (Phi) is 12.6. The van der Waals surface area contributed by atoms with Crippen LogP contribution in [0.1, 0.15) is 49.9 Å². The Bertz CT molecular complexity index is 918. The summed E-state index contributed by atoms with van der Waals surface area (Å²) in [5.41, 5.74) is 1.88. The first-order chi connectivity index (χ1) is 17.4. The van der Waals surface area contributed by atoms with Crippen molar-refractivity contribution in [3.8, 4) is 0 Å². The summed E-state index contributed by atoms with van der Waals surface area (Å²) in [7, 11) is 0. The van der Waals surface area contributed by atoms with E-state index in [1.54, 1.807) is 12.4 Å². The summed E-state index contributed by atoms with van der Waals surface area (Å²) in [6.45, 7) is 2.04. The van der Waals surface area contributed by atoms with Crippen LogP contribution in [-0.2, 0) is 27.5 Å². The molecule has 2 rings (SSSR count). The van der Waals surface area contributed by atoms with Gasteiger partial charge in [-0.15, -0.1) is 0 Å². The molecule has 2 atom stereocenters. The number of amides is 2. The lowest BCUT2D eigenvalue weighted by molar-refractivity contribution is -0.139. The summed E-state index contributed by atoms with van der Waals surface area (Å²) < 4.78 is 0. The second kappa shape index (κ2) is 15.9. The van der Waals surface area contributed by atoms with Crippen LogP contribution in [0, 0.1) is 0 Å². The number of carbonyl (C=O) groups excluding carboxylic acids is 2. The van der Waals surface area contributed by atoms with E-state index in [4.69, 9.17) is 10.2 Å². The van der Waals surface area contributed by atoms with Gasteiger partial charge in [-0.05, 0) is 56.5 Å². The molecule has 0 saturated carbocycles. The molecule has 11 nitrogen and oxygen atoms in total. The maximum Gasteiger partial charge on any atom is 0.315 e. The highest BCUT2D eigenvalue weighted by atomic mass is 16.4. The molecule has 0 aliphatic carbocycles. The van der Waals surface area contributed by atoms with Crippen LogP contribution in [0.3, 0.4) is 0 Å². The van der Waals surface area contributed by atoms with Gasteiger partial charge in [0.2, 0.25) is 0 Å². The molecular weight excluding hydrogens is 466 g/mol. The van der Waals surface area contributed by atoms with Crippen LogP contribution in [0.25, 0.3) is 0 Å². The molecule has 0 aromatic carbocycles. The predicted octanol–water partition coefficient (Wildman–Crippen LogP) is 2.22. The van der Waals surface area contributed by atoms with E-state index in [-0.39, 0.29) is 12.8 Å².